The van der Waals surface area contributed by atoms with Gasteiger partial charge in [-0.05, 0) is 31.2 Å². The fraction of sp³-hybridized carbons (Fsp3) is 0.471. The minimum Gasteiger partial charge on any atom is -0.331 e. The van der Waals surface area contributed by atoms with Crippen LogP contribution in [0.4, 0.5) is 0 Å². The van der Waals surface area contributed by atoms with E-state index in [9.17, 15) is 4.79 Å². The number of benzene rings is 1. The first kappa shape index (κ1) is 12.5. The molecule has 19 heavy (non-hydrogen) atoms. The molecule has 2 aliphatic rings. The maximum absolute atomic E-state index is 12.1. The molecule has 3 rings (SSSR count). The van der Waals surface area contributed by atoms with E-state index in [2.05, 4.69) is 30.0 Å². The van der Waals surface area contributed by atoms with Crippen molar-refractivity contribution in [2.75, 3.05) is 0 Å². The van der Waals surface area contributed by atoms with Crippen molar-refractivity contribution in [3.63, 3.8) is 0 Å². The number of carbonyl (C=O) groups excluding carboxylic acids is 1. The van der Waals surface area contributed by atoms with Crippen molar-refractivity contribution in [2.24, 2.45) is 5.92 Å². The largest absolute Gasteiger partial charge is 0.331 e. The van der Waals surface area contributed by atoms with Gasteiger partial charge in [-0.3, -0.25) is 4.79 Å². The average Bonchev–Trinajstić information content (AvgIpc) is 2.48. The van der Waals surface area contributed by atoms with E-state index >= 15 is 0 Å². The quantitative estimate of drug-likeness (QED) is 0.597. The van der Waals surface area contributed by atoms with Crippen LogP contribution in [-0.4, -0.2) is 16.8 Å². The van der Waals surface area contributed by atoms with Gasteiger partial charge in [0.1, 0.15) is 0 Å². The second kappa shape index (κ2) is 5.20. The molecule has 1 heterocycles. The Labute approximate surface area is 115 Å². The molecule has 0 bridgehead atoms. The van der Waals surface area contributed by atoms with Gasteiger partial charge in [0.15, 0.2) is 0 Å². The molecule has 1 fully saturated rings. The second-order valence-corrected chi connectivity index (χ2v) is 5.71. The minimum absolute atomic E-state index is 0.174. The van der Waals surface area contributed by atoms with Crippen molar-refractivity contribution in [1.82, 2.24) is 4.90 Å². The Morgan fingerprint density at radius 3 is 2.68 bits per heavy atom. The van der Waals surface area contributed by atoms with Gasteiger partial charge in [-0.25, -0.2) is 0 Å². The van der Waals surface area contributed by atoms with Gasteiger partial charge < -0.3 is 4.90 Å². The number of allylic oxidation sites excluding steroid dienone is 1. The highest BCUT2D eigenvalue weighted by Crippen LogP contribution is 2.37. The molecule has 0 spiro atoms. The van der Waals surface area contributed by atoms with E-state index in [-0.39, 0.29) is 5.92 Å². The fourth-order valence-corrected chi connectivity index (χ4v) is 3.33. The molecule has 2 atom stereocenters. The van der Waals surface area contributed by atoms with Crippen molar-refractivity contribution in [2.45, 2.75) is 45.2 Å². The number of hydrogen-bond donors (Lipinski definition) is 0. The Bertz CT molecular complexity index is 491. The normalized spacial score (nSPS) is 26.9. The van der Waals surface area contributed by atoms with E-state index in [0.29, 0.717) is 11.9 Å². The third-order valence-electron chi connectivity index (χ3n) is 4.38. The second-order valence-electron chi connectivity index (χ2n) is 5.71. The molecule has 0 N–H and O–H groups in total. The first-order valence-electron chi connectivity index (χ1n) is 7.30. The number of carbonyl (C=O) groups is 1. The van der Waals surface area contributed by atoms with Gasteiger partial charge >= 0.3 is 0 Å². The van der Waals surface area contributed by atoms with Crippen molar-refractivity contribution < 1.29 is 4.79 Å². The van der Waals surface area contributed by atoms with Crippen LogP contribution in [0.15, 0.2) is 42.0 Å². The summed E-state index contributed by atoms with van der Waals surface area (Å²) in [6.45, 7) is 2.83. The summed E-state index contributed by atoms with van der Waals surface area (Å²) in [5.74, 6) is 0.480. The first-order valence-corrected chi connectivity index (χ1v) is 7.30. The molecule has 1 saturated heterocycles. The lowest BCUT2D eigenvalue weighted by Gasteiger charge is -2.48. The van der Waals surface area contributed by atoms with Crippen molar-refractivity contribution in [1.29, 1.82) is 0 Å². The highest BCUT2D eigenvalue weighted by molar-refractivity contribution is 5.87. The van der Waals surface area contributed by atoms with Crippen LogP contribution >= 0.6 is 0 Å². The highest BCUT2D eigenvalue weighted by Gasteiger charge is 2.45. The SMILES string of the molecule is CC1C(=O)N(Cc2ccccc2)C1C1=CCCCC1. The summed E-state index contributed by atoms with van der Waals surface area (Å²) in [5, 5.41) is 0. The van der Waals surface area contributed by atoms with Crippen LogP contribution in [0.2, 0.25) is 0 Å². The third-order valence-corrected chi connectivity index (χ3v) is 4.38. The molecule has 0 saturated carbocycles. The van der Waals surface area contributed by atoms with Crippen LogP contribution in [0.25, 0.3) is 0 Å². The zero-order chi connectivity index (χ0) is 13.2. The molecular weight excluding hydrogens is 234 g/mol. The molecule has 0 aromatic heterocycles. The Morgan fingerprint density at radius 2 is 2.00 bits per heavy atom. The Kier molecular flexibility index (Phi) is 3.41. The van der Waals surface area contributed by atoms with Gasteiger partial charge in [-0.1, -0.05) is 48.9 Å². The maximum Gasteiger partial charge on any atom is 0.228 e. The molecule has 1 aliphatic carbocycles. The highest BCUT2D eigenvalue weighted by atomic mass is 16.2. The van der Waals surface area contributed by atoms with Crippen LogP contribution < -0.4 is 0 Å². The van der Waals surface area contributed by atoms with Crippen LogP contribution in [0.1, 0.15) is 38.2 Å². The monoisotopic (exact) mass is 255 g/mol. The molecule has 0 radical (unpaired) electrons. The summed E-state index contributed by atoms with van der Waals surface area (Å²) in [7, 11) is 0. The predicted molar refractivity (Wildman–Crippen MR) is 76.5 cm³/mol. The number of β-lactam (4-membered cyclic amide) rings is 1. The summed E-state index contributed by atoms with van der Waals surface area (Å²) in [6, 6.07) is 10.7. The standard InChI is InChI=1S/C17H21NO/c1-13-16(15-10-6-3-7-11-15)18(17(13)19)12-14-8-4-2-5-9-14/h2,4-5,8-10,13,16H,3,6-7,11-12H2,1H3. The van der Waals surface area contributed by atoms with Crippen molar-refractivity contribution in [3.8, 4) is 0 Å². The number of hydrogen-bond acceptors (Lipinski definition) is 1. The zero-order valence-electron chi connectivity index (χ0n) is 11.5. The number of amides is 1. The molecule has 2 nitrogen and oxygen atoms in total. The predicted octanol–water partition coefficient (Wildman–Crippen LogP) is 3.53. The molecule has 1 aromatic rings. The molecule has 2 unspecified atom stereocenters. The van der Waals surface area contributed by atoms with E-state index in [1.165, 1.54) is 36.8 Å². The van der Waals surface area contributed by atoms with Gasteiger partial charge in [0.2, 0.25) is 5.91 Å². The van der Waals surface area contributed by atoms with Gasteiger partial charge in [-0.15, -0.1) is 0 Å². The lowest BCUT2D eigenvalue weighted by Crippen LogP contribution is -2.60. The van der Waals surface area contributed by atoms with Gasteiger partial charge in [-0.2, -0.15) is 0 Å². The van der Waals surface area contributed by atoms with Crippen LogP contribution in [0, 0.1) is 5.92 Å². The summed E-state index contributed by atoms with van der Waals surface area (Å²) in [4.78, 5) is 14.2. The van der Waals surface area contributed by atoms with E-state index in [4.69, 9.17) is 0 Å². The van der Waals surface area contributed by atoms with E-state index in [0.717, 1.165) is 6.54 Å². The fourth-order valence-electron chi connectivity index (χ4n) is 3.33. The van der Waals surface area contributed by atoms with Crippen molar-refractivity contribution in [3.05, 3.63) is 47.5 Å². The summed E-state index contributed by atoms with van der Waals surface area (Å²) in [5.41, 5.74) is 2.72. The zero-order valence-corrected chi connectivity index (χ0v) is 11.5. The average molecular weight is 255 g/mol. The van der Waals surface area contributed by atoms with Crippen molar-refractivity contribution >= 4 is 5.91 Å². The van der Waals surface area contributed by atoms with Gasteiger partial charge in [0.05, 0.1) is 12.0 Å². The van der Waals surface area contributed by atoms with E-state index in [1.54, 1.807) is 0 Å². The molecule has 1 amide bonds. The van der Waals surface area contributed by atoms with Crippen LogP contribution in [0.3, 0.4) is 0 Å². The molecule has 2 heteroatoms. The van der Waals surface area contributed by atoms with Crippen LogP contribution in [0.5, 0.6) is 0 Å². The molecule has 1 aromatic carbocycles. The molecular formula is C17H21NO. The van der Waals surface area contributed by atoms with E-state index < -0.39 is 0 Å². The van der Waals surface area contributed by atoms with Gasteiger partial charge in [0, 0.05) is 6.54 Å². The minimum atomic E-state index is 0.174. The smallest absolute Gasteiger partial charge is 0.228 e. The summed E-state index contributed by atoms with van der Waals surface area (Å²) < 4.78 is 0. The third kappa shape index (κ3) is 2.32. The van der Waals surface area contributed by atoms with Crippen LogP contribution in [-0.2, 0) is 11.3 Å². The number of nitrogens with zero attached hydrogens (tertiary/aromatic N) is 1. The first-order chi connectivity index (χ1) is 9.27. The summed E-state index contributed by atoms with van der Waals surface area (Å²) in [6.07, 6.45) is 7.31. The number of rotatable bonds is 3. The Morgan fingerprint density at radius 1 is 1.21 bits per heavy atom. The lowest BCUT2D eigenvalue weighted by molar-refractivity contribution is -0.153. The number of likely N-dealkylation sites (tertiary alicyclic amines) is 1. The van der Waals surface area contributed by atoms with Gasteiger partial charge in [0.25, 0.3) is 0 Å². The summed E-state index contributed by atoms with van der Waals surface area (Å²) >= 11 is 0. The topological polar surface area (TPSA) is 20.3 Å². The lowest BCUT2D eigenvalue weighted by atomic mass is 9.79. The molecule has 100 valence electrons. The molecule has 1 aliphatic heterocycles. The Balaban J connectivity index is 1.76. The van der Waals surface area contributed by atoms with E-state index in [1.807, 2.05) is 18.2 Å². The maximum atomic E-state index is 12.1. The Hall–Kier alpha value is -1.57.